The highest BCUT2D eigenvalue weighted by Gasteiger charge is 2.34. The number of benzene rings is 2. The van der Waals surface area contributed by atoms with E-state index in [0.29, 0.717) is 28.3 Å². The maximum atomic E-state index is 13.4. The summed E-state index contributed by atoms with van der Waals surface area (Å²) in [7, 11) is 1.54. The molecule has 2 N–H and O–H groups in total. The average molecular weight is 453 g/mol. The zero-order chi connectivity index (χ0) is 22.8. The molecule has 1 aliphatic heterocycles. The van der Waals surface area contributed by atoms with E-state index in [1.165, 1.54) is 31.4 Å². The number of hydrogen-bond acceptors (Lipinski definition) is 5. The van der Waals surface area contributed by atoms with Gasteiger partial charge in [0.05, 0.1) is 12.8 Å². The molecule has 32 heavy (non-hydrogen) atoms. The number of methoxy groups -OCH3 is 1. The molecule has 6 nitrogen and oxygen atoms in total. The predicted octanol–water partition coefficient (Wildman–Crippen LogP) is 5.30. The van der Waals surface area contributed by atoms with Gasteiger partial charge in [0.25, 0.3) is 0 Å². The lowest BCUT2D eigenvalue weighted by Crippen LogP contribution is -2.22. The van der Waals surface area contributed by atoms with Crippen LogP contribution in [0.2, 0.25) is 0 Å². The maximum Gasteiger partial charge on any atom is 0.346 e. The number of carbonyl (C=O) groups excluding carboxylic acids is 1. The maximum absolute atomic E-state index is 13.4. The van der Waals surface area contributed by atoms with Crippen LogP contribution in [0.1, 0.15) is 32.5 Å². The fourth-order valence-corrected chi connectivity index (χ4v) is 5.02. The third-order valence-electron chi connectivity index (χ3n) is 5.18. The first-order valence-electron chi connectivity index (χ1n) is 9.80. The number of ether oxygens (including phenoxy) is 2. The Bertz CT molecular complexity index is 1200. The van der Waals surface area contributed by atoms with Gasteiger partial charge in [0.15, 0.2) is 11.5 Å². The minimum Gasteiger partial charge on any atom is -0.493 e. The van der Waals surface area contributed by atoms with Gasteiger partial charge in [-0.1, -0.05) is 30.9 Å². The average Bonchev–Trinajstić information content (AvgIpc) is 3.17. The number of carbonyl (C=O) groups is 2. The standard InChI is InChI=1S/C24H20FNO5S/c1-3-10-31-18-11-14(6-9-17(18)30-2)16-12-19(27)26-21-20(13-4-7-15(25)8-5-13)23(24(28)29)32-22(16)21/h3-9,11,16H,1,10,12H2,2H3,(H,26,27)(H,28,29). The van der Waals surface area contributed by atoms with Crippen LogP contribution in [0.15, 0.2) is 55.1 Å². The van der Waals surface area contributed by atoms with Crippen LogP contribution >= 0.6 is 11.3 Å². The number of hydrogen-bond donors (Lipinski definition) is 2. The van der Waals surface area contributed by atoms with E-state index >= 15 is 0 Å². The number of amides is 1. The molecule has 3 aromatic rings. The Hall–Kier alpha value is -3.65. The second kappa shape index (κ2) is 8.84. The summed E-state index contributed by atoms with van der Waals surface area (Å²) in [6, 6.07) is 10.9. The first kappa shape index (κ1) is 21.6. The zero-order valence-corrected chi connectivity index (χ0v) is 18.0. The van der Waals surface area contributed by atoms with Crippen LogP contribution in [0.3, 0.4) is 0 Å². The van der Waals surface area contributed by atoms with Gasteiger partial charge in [-0.15, -0.1) is 11.3 Å². The molecule has 4 rings (SSSR count). The highest BCUT2D eigenvalue weighted by Crippen LogP contribution is 2.50. The number of nitrogens with one attached hydrogen (secondary N) is 1. The number of rotatable bonds is 7. The Morgan fingerprint density at radius 3 is 2.69 bits per heavy atom. The third kappa shape index (κ3) is 3.97. The van der Waals surface area contributed by atoms with Crippen molar-refractivity contribution in [3.63, 3.8) is 0 Å². The Morgan fingerprint density at radius 1 is 1.28 bits per heavy atom. The van der Waals surface area contributed by atoms with Crippen LogP contribution in [0.25, 0.3) is 11.1 Å². The van der Waals surface area contributed by atoms with Crippen molar-refractivity contribution in [1.82, 2.24) is 0 Å². The monoisotopic (exact) mass is 453 g/mol. The van der Waals surface area contributed by atoms with Crippen LogP contribution in [-0.2, 0) is 4.79 Å². The largest absolute Gasteiger partial charge is 0.493 e. The molecule has 0 saturated carbocycles. The summed E-state index contributed by atoms with van der Waals surface area (Å²) in [5.74, 6) is -1.09. The smallest absolute Gasteiger partial charge is 0.346 e. The van der Waals surface area contributed by atoms with Crippen molar-refractivity contribution in [2.24, 2.45) is 0 Å². The topological polar surface area (TPSA) is 84.9 Å². The molecule has 0 saturated heterocycles. The number of carboxylic acids is 1. The second-order valence-electron chi connectivity index (χ2n) is 7.17. The molecule has 0 bridgehead atoms. The van der Waals surface area contributed by atoms with Gasteiger partial charge in [0.1, 0.15) is 17.3 Å². The van der Waals surface area contributed by atoms with Crippen molar-refractivity contribution in [3.8, 4) is 22.6 Å². The van der Waals surface area contributed by atoms with Crippen molar-refractivity contribution in [1.29, 1.82) is 0 Å². The van der Waals surface area contributed by atoms with Gasteiger partial charge in [-0.25, -0.2) is 9.18 Å². The van der Waals surface area contributed by atoms with E-state index < -0.39 is 11.8 Å². The van der Waals surface area contributed by atoms with Crippen LogP contribution in [-0.4, -0.2) is 30.7 Å². The SMILES string of the molecule is C=CCOc1cc(C2CC(=O)Nc3c2sc(C(=O)O)c3-c2ccc(F)cc2)ccc1OC. The summed E-state index contributed by atoms with van der Waals surface area (Å²) in [5, 5.41) is 12.7. The van der Waals surface area contributed by atoms with Gasteiger partial charge in [0.2, 0.25) is 5.91 Å². The summed E-state index contributed by atoms with van der Waals surface area (Å²) < 4.78 is 24.5. The molecule has 1 aliphatic rings. The lowest BCUT2D eigenvalue weighted by Gasteiger charge is -2.24. The molecule has 2 heterocycles. The fourth-order valence-electron chi connectivity index (χ4n) is 3.77. The molecule has 1 unspecified atom stereocenters. The molecule has 0 fully saturated rings. The molecular weight excluding hydrogens is 433 g/mol. The first-order valence-corrected chi connectivity index (χ1v) is 10.6. The van der Waals surface area contributed by atoms with E-state index in [-0.39, 0.29) is 29.7 Å². The van der Waals surface area contributed by atoms with E-state index in [4.69, 9.17) is 9.47 Å². The van der Waals surface area contributed by atoms with E-state index in [1.807, 2.05) is 6.07 Å². The molecule has 164 valence electrons. The third-order valence-corrected chi connectivity index (χ3v) is 6.47. The van der Waals surface area contributed by atoms with Crippen molar-refractivity contribution in [2.45, 2.75) is 12.3 Å². The van der Waals surface area contributed by atoms with Gasteiger partial charge < -0.3 is 19.9 Å². The number of fused-ring (bicyclic) bond motifs is 1. The Kier molecular flexibility index (Phi) is 5.96. The predicted molar refractivity (Wildman–Crippen MR) is 120 cm³/mol. The highest BCUT2D eigenvalue weighted by atomic mass is 32.1. The van der Waals surface area contributed by atoms with E-state index in [0.717, 1.165) is 21.8 Å². The Morgan fingerprint density at radius 2 is 2.03 bits per heavy atom. The molecule has 0 radical (unpaired) electrons. The molecule has 1 amide bonds. The summed E-state index contributed by atoms with van der Waals surface area (Å²) in [4.78, 5) is 25.5. The minimum absolute atomic E-state index is 0.0884. The summed E-state index contributed by atoms with van der Waals surface area (Å²) in [6.07, 6.45) is 1.77. The Balaban J connectivity index is 1.86. The van der Waals surface area contributed by atoms with E-state index in [2.05, 4.69) is 11.9 Å². The molecule has 0 aliphatic carbocycles. The molecule has 8 heteroatoms. The second-order valence-corrected chi connectivity index (χ2v) is 8.22. The number of aromatic carboxylic acids is 1. The van der Waals surface area contributed by atoms with Gasteiger partial charge in [-0.3, -0.25) is 4.79 Å². The number of carboxylic acid groups (broad SMARTS) is 1. The normalized spacial score (nSPS) is 14.9. The lowest BCUT2D eigenvalue weighted by molar-refractivity contribution is -0.116. The number of thiophene rings is 1. The van der Waals surface area contributed by atoms with Gasteiger partial charge in [-0.2, -0.15) is 0 Å². The molecular formula is C24H20FNO5S. The van der Waals surface area contributed by atoms with Crippen LogP contribution in [0.4, 0.5) is 10.1 Å². The molecule has 0 spiro atoms. The van der Waals surface area contributed by atoms with Crippen LogP contribution < -0.4 is 14.8 Å². The van der Waals surface area contributed by atoms with E-state index in [9.17, 15) is 19.1 Å². The summed E-state index contributed by atoms with van der Waals surface area (Å²) in [6.45, 7) is 3.94. The first-order chi connectivity index (χ1) is 15.4. The van der Waals surface area contributed by atoms with Crippen molar-refractivity contribution in [3.05, 3.63) is 76.3 Å². The number of halogens is 1. The molecule has 2 aromatic carbocycles. The molecule has 1 atom stereocenters. The van der Waals surface area contributed by atoms with Crippen molar-refractivity contribution >= 4 is 28.9 Å². The summed E-state index contributed by atoms with van der Waals surface area (Å²) in [5.41, 5.74) is 2.15. The van der Waals surface area contributed by atoms with Crippen LogP contribution in [0.5, 0.6) is 11.5 Å². The van der Waals surface area contributed by atoms with Gasteiger partial charge in [-0.05, 0) is 35.4 Å². The summed E-state index contributed by atoms with van der Waals surface area (Å²) >= 11 is 1.11. The quantitative estimate of drug-likeness (QED) is 0.474. The fraction of sp³-hybridized carbons (Fsp3) is 0.167. The zero-order valence-electron chi connectivity index (χ0n) is 17.2. The van der Waals surface area contributed by atoms with Crippen molar-refractivity contribution in [2.75, 3.05) is 19.0 Å². The highest BCUT2D eigenvalue weighted by molar-refractivity contribution is 7.15. The Labute approximate surface area is 187 Å². The number of anilines is 1. The van der Waals surface area contributed by atoms with Crippen LogP contribution in [0, 0.1) is 5.82 Å². The van der Waals surface area contributed by atoms with Gasteiger partial charge in [0, 0.05) is 22.8 Å². The van der Waals surface area contributed by atoms with Crippen molar-refractivity contribution < 1.29 is 28.6 Å². The lowest BCUT2D eigenvalue weighted by atomic mass is 9.88. The van der Waals surface area contributed by atoms with Gasteiger partial charge >= 0.3 is 5.97 Å². The minimum atomic E-state index is -1.11. The van der Waals surface area contributed by atoms with E-state index in [1.54, 1.807) is 18.2 Å². The molecule has 1 aromatic heterocycles.